The van der Waals surface area contributed by atoms with Crippen LogP contribution in [0.4, 0.5) is 5.69 Å². The first kappa shape index (κ1) is 12.1. The molecule has 2 aliphatic heterocycles. The van der Waals surface area contributed by atoms with Gasteiger partial charge in [-0.3, -0.25) is 4.79 Å². The van der Waals surface area contributed by atoms with Gasteiger partial charge >= 0.3 is 0 Å². The van der Waals surface area contributed by atoms with Gasteiger partial charge in [-0.2, -0.15) is 0 Å². The number of amides is 1. The van der Waals surface area contributed by atoms with Crippen LogP contribution in [0.2, 0.25) is 0 Å². The van der Waals surface area contributed by atoms with Crippen LogP contribution in [0.15, 0.2) is 12.1 Å². The van der Waals surface area contributed by atoms with Crippen LogP contribution in [-0.4, -0.2) is 30.7 Å². The third kappa shape index (κ3) is 1.99. The quantitative estimate of drug-likeness (QED) is 0.783. The van der Waals surface area contributed by atoms with Crippen molar-refractivity contribution < 1.29 is 14.3 Å². The van der Waals surface area contributed by atoms with Crippen LogP contribution in [0.25, 0.3) is 0 Å². The van der Waals surface area contributed by atoms with Crippen molar-refractivity contribution in [2.24, 2.45) is 11.8 Å². The number of carbonyl (C=O) groups is 1. The van der Waals surface area contributed by atoms with Gasteiger partial charge in [0.05, 0.1) is 5.56 Å². The lowest BCUT2D eigenvalue weighted by Crippen LogP contribution is -2.29. The highest BCUT2D eigenvalue weighted by atomic mass is 16.7. The molecule has 3 rings (SSSR count). The maximum atomic E-state index is 12.5. The Morgan fingerprint density at radius 1 is 1.21 bits per heavy atom. The van der Waals surface area contributed by atoms with Crippen molar-refractivity contribution in [3.8, 4) is 11.5 Å². The first-order valence-corrected chi connectivity index (χ1v) is 6.54. The Labute approximate surface area is 112 Å². The summed E-state index contributed by atoms with van der Waals surface area (Å²) in [4.78, 5) is 14.4. The second kappa shape index (κ2) is 4.33. The summed E-state index contributed by atoms with van der Waals surface area (Å²) in [7, 11) is 0. The standard InChI is InChI=1S/C14H18N2O3/c1-8-5-16(6-9(8)2)14(17)10-3-12-13(4-11(10)15)19-7-18-12/h3-4,8-9H,5-7,15H2,1-2H3. The summed E-state index contributed by atoms with van der Waals surface area (Å²) in [6.07, 6.45) is 0. The molecule has 2 N–H and O–H groups in total. The molecule has 0 aliphatic carbocycles. The normalized spacial score (nSPS) is 24.8. The smallest absolute Gasteiger partial charge is 0.256 e. The molecule has 1 amide bonds. The molecule has 1 fully saturated rings. The molecule has 0 aromatic heterocycles. The van der Waals surface area contributed by atoms with E-state index >= 15 is 0 Å². The fourth-order valence-corrected chi connectivity index (χ4v) is 2.61. The van der Waals surface area contributed by atoms with Gasteiger partial charge in [-0.1, -0.05) is 13.8 Å². The molecule has 0 spiro atoms. The van der Waals surface area contributed by atoms with Gasteiger partial charge < -0.3 is 20.1 Å². The number of anilines is 1. The Morgan fingerprint density at radius 2 is 1.79 bits per heavy atom. The molecule has 1 aromatic carbocycles. The van der Waals surface area contributed by atoms with Crippen molar-refractivity contribution in [2.45, 2.75) is 13.8 Å². The van der Waals surface area contributed by atoms with E-state index in [1.807, 2.05) is 4.90 Å². The van der Waals surface area contributed by atoms with Gasteiger partial charge in [0.2, 0.25) is 6.79 Å². The zero-order valence-corrected chi connectivity index (χ0v) is 11.2. The van der Waals surface area contributed by atoms with Crippen LogP contribution in [0.3, 0.4) is 0 Å². The van der Waals surface area contributed by atoms with Crippen LogP contribution in [-0.2, 0) is 0 Å². The Bertz CT molecular complexity index is 520. The summed E-state index contributed by atoms with van der Waals surface area (Å²) in [5.41, 5.74) is 6.90. The molecule has 2 atom stereocenters. The monoisotopic (exact) mass is 262 g/mol. The van der Waals surface area contributed by atoms with E-state index in [0.717, 1.165) is 13.1 Å². The summed E-state index contributed by atoms with van der Waals surface area (Å²) in [5, 5.41) is 0. The fourth-order valence-electron chi connectivity index (χ4n) is 2.61. The van der Waals surface area contributed by atoms with Crippen LogP contribution in [0.5, 0.6) is 11.5 Å². The summed E-state index contributed by atoms with van der Waals surface area (Å²) >= 11 is 0. The Hall–Kier alpha value is -1.91. The fraction of sp³-hybridized carbons (Fsp3) is 0.500. The molecular weight excluding hydrogens is 244 g/mol. The maximum Gasteiger partial charge on any atom is 0.256 e. The van der Waals surface area contributed by atoms with Crippen LogP contribution < -0.4 is 15.2 Å². The van der Waals surface area contributed by atoms with Gasteiger partial charge in [0.1, 0.15) is 0 Å². The van der Waals surface area contributed by atoms with Crippen molar-refractivity contribution in [3.63, 3.8) is 0 Å². The predicted octanol–water partition coefficient (Wildman–Crippen LogP) is 1.73. The number of nitrogens with zero attached hydrogens (tertiary/aromatic N) is 1. The minimum Gasteiger partial charge on any atom is -0.454 e. The Balaban J connectivity index is 1.88. The molecule has 0 bridgehead atoms. The highest BCUT2D eigenvalue weighted by Crippen LogP contribution is 2.37. The third-order valence-corrected chi connectivity index (χ3v) is 4.05. The molecule has 5 heteroatoms. The second-order valence-corrected chi connectivity index (χ2v) is 5.46. The van der Waals surface area contributed by atoms with Crippen molar-refractivity contribution >= 4 is 11.6 Å². The van der Waals surface area contributed by atoms with E-state index in [9.17, 15) is 4.79 Å². The lowest BCUT2D eigenvalue weighted by atomic mass is 10.0. The second-order valence-electron chi connectivity index (χ2n) is 5.46. The van der Waals surface area contributed by atoms with Crippen molar-refractivity contribution in [1.29, 1.82) is 0 Å². The summed E-state index contributed by atoms with van der Waals surface area (Å²) < 4.78 is 10.5. The lowest BCUT2D eigenvalue weighted by Gasteiger charge is -2.17. The van der Waals surface area contributed by atoms with Gasteiger partial charge in [0.25, 0.3) is 5.91 Å². The van der Waals surface area contributed by atoms with Crippen LogP contribution in [0.1, 0.15) is 24.2 Å². The predicted molar refractivity (Wildman–Crippen MR) is 71.2 cm³/mol. The molecule has 19 heavy (non-hydrogen) atoms. The van der Waals surface area contributed by atoms with Gasteiger partial charge in [-0.15, -0.1) is 0 Å². The highest BCUT2D eigenvalue weighted by molar-refractivity contribution is 6.00. The van der Waals surface area contributed by atoms with Crippen LogP contribution >= 0.6 is 0 Å². The number of likely N-dealkylation sites (tertiary alicyclic amines) is 1. The number of carbonyl (C=O) groups excluding carboxylic acids is 1. The zero-order chi connectivity index (χ0) is 13.6. The molecule has 2 aliphatic rings. The molecular formula is C14H18N2O3. The van der Waals surface area contributed by atoms with Gasteiger partial charge in [-0.25, -0.2) is 0 Å². The van der Waals surface area contributed by atoms with Gasteiger partial charge in [-0.05, 0) is 17.9 Å². The molecule has 1 aromatic rings. The van der Waals surface area contributed by atoms with Gasteiger partial charge in [0, 0.05) is 24.8 Å². The minimum atomic E-state index is -0.0213. The molecule has 2 heterocycles. The van der Waals surface area contributed by atoms with E-state index in [0.29, 0.717) is 34.6 Å². The average molecular weight is 262 g/mol. The molecule has 0 radical (unpaired) electrons. The number of hydrogen-bond acceptors (Lipinski definition) is 4. The number of nitrogen functional groups attached to an aromatic ring is 1. The highest BCUT2D eigenvalue weighted by Gasteiger charge is 2.31. The number of benzene rings is 1. The molecule has 5 nitrogen and oxygen atoms in total. The summed E-state index contributed by atoms with van der Waals surface area (Å²) in [6.45, 7) is 6.09. The van der Waals surface area contributed by atoms with Crippen LogP contribution in [0, 0.1) is 11.8 Å². The zero-order valence-electron chi connectivity index (χ0n) is 11.2. The average Bonchev–Trinajstić information content (AvgIpc) is 2.94. The first-order chi connectivity index (χ1) is 9.06. The van der Waals surface area contributed by atoms with E-state index in [2.05, 4.69) is 13.8 Å². The topological polar surface area (TPSA) is 64.8 Å². The van der Waals surface area contributed by atoms with Crippen molar-refractivity contribution in [3.05, 3.63) is 17.7 Å². The van der Waals surface area contributed by atoms with E-state index in [1.54, 1.807) is 12.1 Å². The first-order valence-electron chi connectivity index (χ1n) is 6.54. The number of nitrogens with two attached hydrogens (primary N) is 1. The lowest BCUT2D eigenvalue weighted by molar-refractivity contribution is 0.0785. The SMILES string of the molecule is CC1CN(C(=O)c2cc3c(cc2N)OCO3)CC1C. The third-order valence-electron chi connectivity index (χ3n) is 4.05. The largest absolute Gasteiger partial charge is 0.454 e. The van der Waals surface area contributed by atoms with E-state index in [1.165, 1.54) is 0 Å². The molecule has 102 valence electrons. The van der Waals surface area contributed by atoms with E-state index in [-0.39, 0.29) is 12.7 Å². The number of hydrogen-bond donors (Lipinski definition) is 1. The van der Waals surface area contributed by atoms with Gasteiger partial charge in [0.15, 0.2) is 11.5 Å². The van der Waals surface area contributed by atoms with Crippen molar-refractivity contribution in [2.75, 3.05) is 25.6 Å². The minimum absolute atomic E-state index is 0.0213. The number of rotatable bonds is 1. The molecule has 0 saturated carbocycles. The Morgan fingerprint density at radius 3 is 2.42 bits per heavy atom. The molecule has 2 unspecified atom stereocenters. The molecule has 1 saturated heterocycles. The number of ether oxygens (including phenoxy) is 2. The van der Waals surface area contributed by atoms with E-state index < -0.39 is 0 Å². The Kier molecular flexibility index (Phi) is 2.77. The van der Waals surface area contributed by atoms with Crippen molar-refractivity contribution in [1.82, 2.24) is 4.90 Å². The van der Waals surface area contributed by atoms with E-state index in [4.69, 9.17) is 15.2 Å². The summed E-state index contributed by atoms with van der Waals surface area (Å²) in [6, 6.07) is 3.35. The summed E-state index contributed by atoms with van der Waals surface area (Å²) in [5.74, 6) is 2.24. The number of fused-ring (bicyclic) bond motifs is 1. The maximum absolute atomic E-state index is 12.5.